The van der Waals surface area contributed by atoms with Crippen molar-refractivity contribution < 1.29 is 9.59 Å². The van der Waals surface area contributed by atoms with Gasteiger partial charge in [-0.15, -0.1) is 0 Å². The minimum absolute atomic E-state index is 0.0220. The van der Waals surface area contributed by atoms with Crippen molar-refractivity contribution in [3.8, 4) is 0 Å². The maximum atomic E-state index is 12.8. The summed E-state index contributed by atoms with van der Waals surface area (Å²) < 4.78 is 0. The molecule has 21 heavy (non-hydrogen) atoms. The number of rotatable bonds is 3. The Bertz CT molecular complexity index is 538. The summed E-state index contributed by atoms with van der Waals surface area (Å²) in [5.41, 5.74) is 0.512. The highest BCUT2D eigenvalue weighted by atomic mass is 16.2. The van der Waals surface area contributed by atoms with Crippen molar-refractivity contribution in [2.24, 2.45) is 0 Å². The van der Waals surface area contributed by atoms with E-state index in [1.54, 1.807) is 17.3 Å². The Balaban J connectivity index is 1.75. The lowest BCUT2D eigenvalue weighted by Gasteiger charge is -2.43. The maximum absolute atomic E-state index is 12.8. The predicted molar refractivity (Wildman–Crippen MR) is 78.5 cm³/mol. The molecule has 1 unspecified atom stereocenters. The molecule has 1 aromatic heterocycles. The fourth-order valence-electron chi connectivity index (χ4n) is 3.40. The van der Waals surface area contributed by atoms with Crippen LogP contribution in [0.4, 0.5) is 0 Å². The van der Waals surface area contributed by atoms with Crippen LogP contribution >= 0.6 is 0 Å². The smallest absolute Gasteiger partial charge is 0.249 e. The van der Waals surface area contributed by atoms with Gasteiger partial charge in [0.2, 0.25) is 11.8 Å². The van der Waals surface area contributed by atoms with Gasteiger partial charge in [-0.1, -0.05) is 12.8 Å². The third-order valence-corrected chi connectivity index (χ3v) is 4.73. The fourth-order valence-corrected chi connectivity index (χ4v) is 3.40. The molecule has 2 aliphatic rings. The van der Waals surface area contributed by atoms with E-state index in [4.69, 9.17) is 0 Å². The molecule has 5 nitrogen and oxygen atoms in total. The summed E-state index contributed by atoms with van der Waals surface area (Å²) in [6.07, 6.45) is 7.83. The molecule has 1 aliphatic heterocycles. The first kappa shape index (κ1) is 14.0. The van der Waals surface area contributed by atoms with Crippen molar-refractivity contribution in [1.82, 2.24) is 15.2 Å². The summed E-state index contributed by atoms with van der Waals surface area (Å²) in [4.78, 5) is 30.8. The largest absolute Gasteiger partial charge is 0.340 e. The van der Waals surface area contributed by atoms with Gasteiger partial charge >= 0.3 is 0 Å². The van der Waals surface area contributed by atoms with Crippen LogP contribution in [0.3, 0.4) is 0 Å². The van der Waals surface area contributed by atoms with Gasteiger partial charge in [0.05, 0.1) is 0 Å². The first-order valence-corrected chi connectivity index (χ1v) is 7.64. The van der Waals surface area contributed by atoms with Crippen LogP contribution in [0, 0.1) is 0 Å². The first-order valence-electron chi connectivity index (χ1n) is 7.64. The third kappa shape index (κ3) is 2.52. The van der Waals surface area contributed by atoms with Gasteiger partial charge in [-0.3, -0.25) is 14.6 Å². The molecule has 0 aromatic carbocycles. The van der Waals surface area contributed by atoms with Crippen LogP contribution in [-0.4, -0.2) is 39.8 Å². The average Bonchev–Trinajstić information content (AvgIpc) is 2.96. The molecule has 1 saturated carbocycles. The Morgan fingerprint density at radius 2 is 1.95 bits per heavy atom. The lowest BCUT2D eigenvalue weighted by molar-refractivity contribution is -0.154. The molecule has 1 aliphatic carbocycles. The summed E-state index contributed by atoms with van der Waals surface area (Å²) in [6.45, 7) is 2.39. The molecule has 1 N–H and O–H groups in total. The summed E-state index contributed by atoms with van der Waals surface area (Å²) >= 11 is 0. The van der Waals surface area contributed by atoms with Crippen LogP contribution in [0.1, 0.15) is 38.2 Å². The Morgan fingerprint density at radius 3 is 2.62 bits per heavy atom. The zero-order chi connectivity index (χ0) is 14.9. The first-order chi connectivity index (χ1) is 10.1. The number of amides is 2. The number of hydrogen-bond acceptors (Lipinski definition) is 3. The molecule has 1 atom stereocenters. The van der Waals surface area contributed by atoms with E-state index in [1.807, 2.05) is 19.1 Å². The number of aromatic nitrogens is 1. The van der Waals surface area contributed by atoms with Crippen molar-refractivity contribution in [2.75, 3.05) is 6.54 Å². The van der Waals surface area contributed by atoms with E-state index in [1.165, 1.54) is 0 Å². The van der Waals surface area contributed by atoms with Gasteiger partial charge in [-0.2, -0.15) is 0 Å². The second-order valence-corrected chi connectivity index (χ2v) is 6.06. The van der Waals surface area contributed by atoms with E-state index in [9.17, 15) is 9.59 Å². The van der Waals surface area contributed by atoms with Crippen molar-refractivity contribution in [3.05, 3.63) is 30.1 Å². The number of hydrogen-bond donors (Lipinski definition) is 1. The molecule has 1 aromatic rings. The van der Waals surface area contributed by atoms with Gasteiger partial charge in [-0.25, -0.2) is 0 Å². The Morgan fingerprint density at radius 1 is 1.29 bits per heavy atom. The van der Waals surface area contributed by atoms with Crippen LogP contribution in [0.2, 0.25) is 0 Å². The molecule has 1 spiro atoms. The number of carbonyl (C=O) groups is 2. The van der Waals surface area contributed by atoms with Gasteiger partial charge in [0.1, 0.15) is 11.6 Å². The second kappa shape index (κ2) is 5.47. The predicted octanol–water partition coefficient (Wildman–Crippen LogP) is 1.28. The van der Waals surface area contributed by atoms with E-state index in [-0.39, 0.29) is 17.9 Å². The van der Waals surface area contributed by atoms with E-state index < -0.39 is 5.54 Å². The van der Waals surface area contributed by atoms with Crippen LogP contribution in [0.25, 0.3) is 0 Å². The van der Waals surface area contributed by atoms with Gasteiger partial charge < -0.3 is 10.2 Å². The average molecular weight is 287 g/mol. The molecule has 0 bridgehead atoms. The van der Waals surface area contributed by atoms with Crippen molar-refractivity contribution in [2.45, 2.75) is 50.6 Å². The van der Waals surface area contributed by atoms with Crippen LogP contribution in [0.5, 0.6) is 0 Å². The molecule has 1 saturated heterocycles. The molecule has 0 radical (unpaired) electrons. The highest BCUT2D eigenvalue weighted by Crippen LogP contribution is 2.34. The molecule has 2 heterocycles. The Labute approximate surface area is 124 Å². The zero-order valence-electron chi connectivity index (χ0n) is 12.3. The Kier molecular flexibility index (Phi) is 3.66. The molecule has 3 rings (SSSR count). The van der Waals surface area contributed by atoms with Gasteiger partial charge in [0.25, 0.3) is 0 Å². The monoisotopic (exact) mass is 287 g/mol. The topological polar surface area (TPSA) is 62.3 Å². The van der Waals surface area contributed by atoms with E-state index in [2.05, 4.69) is 10.3 Å². The third-order valence-electron chi connectivity index (χ3n) is 4.73. The van der Waals surface area contributed by atoms with Crippen LogP contribution in [-0.2, 0) is 16.0 Å². The van der Waals surface area contributed by atoms with E-state index in [0.29, 0.717) is 6.54 Å². The zero-order valence-corrected chi connectivity index (χ0v) is 12.3. The SMILES string of the molecule is CC1C(=O)NC2(CCCC2)C(=O)N1CCc1ccncc1. The highest BCUT2D eigenvalue weighted by Gasteiger charge is 2.50. The standard InChI is InChI=1S/C16H21N3O2/c1-12-14(20)18-16(7-2-3-8-16)15(21)19(12)11-6-13-4-9-17-10-5-13/h4-5,9-10,12H,2-3,6-8,11H2,1H3,(H,18,20). The molecule has 2 amide bonds. The minimum atomic E-state index is -0.623. The molecule has 5 heteroatoms. The molecular weight excluding hydrogens is 266 g/mol. The van der Waals surface area contributed by atoms with Crippen molar-refractivity contribution in [3.63, 3.8) is 0 Å². The van der Waals surface area contributed by atoms with Gasteiger partial charge in [-0.05, 0) is 43.9 Å². The number of nitrogens with one attached hydrogen (secondary N) is 1. The molecule has 112 valence electrons. The summed E-state index contributed by atoms with van der Waals surface area (Å²) in [6, 6.07) is 3.51. The fraction of sp³-hybridized carbons (Fsp3) is 0.562. The summed E-state index contributed by atoms with van der Waals surface area (Å²) in [5, 5.41) is 2.98. The second-order valence-electron chi connectivity index (χ2n) is 6.06. The van der Waals surface area contributed by atoms with Crippen LogP contribution < -0.4 is 5.32 Å². The highest BCUT2D eigenvalue weighted by molar-refractivity contribution is 5.99. The van der Waals surface area contributed by atoms with Gasteiger partial charge in [0, 0.05) is 18.9 Å². The van der Waals surface area contributed by atoms with Gasteiger partial charge in [0.15, 0.2) is 0 Å². The van der Waals surface area contributed by atoms with Crippen molar-refractivity contribution in [1.29, 1.82) is 0 Å². The quantitative estimate of drug-likeness (QED) is 0.911. The maximum Gasteiger partial charge on any atom is 0.249 e. The molecular formula is C16H21N3O2. The number of pyridine rings is 1. The number of piperazine rings is 1. The van der Waals surface area contributed by atoms with Crippen LogP contribution in [0.15, 0.2) is 24.5 Å². The normalized spacial score (nSPS) is 24.4. The Hall–Kier alpha value is -1.91. The lowest BCUT2D eigenvalue weighted by Crippen LogP contribution is -2.68. The van der Waals surface area contributed by atoms with E-state index >= 15 is 0 Å². The van der Waals surface area contributed by atoms with Crippen molar-refractivity contribution >= 4 is 11.8 Å². The summed E-state index contributed by atoms with van der Waals surface area (Å²) in [5.74, 6) is 0.0763. The molecule has 2 fully saturated rings. The summed E-state index contributed by atoms with van der Waals surface area (Å²) in [7, 11) is 0. The minimum Gasteiger partial charge on any atom is -0.340 e. The lowest BCUT2D eigenvalue weighted by atomic mass is 9.91. The number of carbonyl (C=O) groups excluding carboxylic acids is 2. The number of nitrogens with zero attached hydrogens (tertiary/aromatic N) is 2. The van der Waals surface area contributed by atoms with E-state index in [0.717, 1.165) is 37.7 Å².